The summed E-state index contributed by atoms with van der Waals surface area (Å²) in [7, 11) is 0. The fourth-order valence-electron chi connectivity index (χ4n) is 7.04. The van der Waals surface area contributed by atoms with E-state index in [9.17, 15) is 0 Å². The number of rotatable bonds is 0. The van der Waals surface area contributed by atoms with E-state index >= 15 is 0 Å². The highest BCUT2D eigenvalue weighted by atomic mass is 32.1. The van der Waals surface area contributed by atoms with E-state index in [2.05, 4.69) is 104 Å². The standard InChI is InChI=1S/C36H18N4S4/c1-5-25-29-17-9-13-41-33(17)34-18(10-14-42-34)30(29)27-7-3-23(39-27)24-4-8-28(40-24)32-20-12-16-44-36(20)35-19(11-15-43-35)31(32)26-6-2-22(38-26)21(1)37-25/h1-16,37,40H. The van der Waals surface area contributed by atoms with Gasteiger partial charge in [0, 0.05) is 54.1 Å². The van der Waals surface area contributed by atoms with Crippen LogP contribution in [-0.4, -0.2) is 19.9 Å². The summed E-state index contributed by atoms with van der Waals surface area (Å²) in [5, 5.41) is 18.5. The number of H-pyrrole nitrogens is 2. The summed E-state index contributed by atoms with van der Waals surface area (Å²) in [6.45, 7) is 0. The van der Waals surface area contributed by atoms with Crippen molar-refractivity contribution >= 4 is 154 Å². The van der Waals surface area contributed by atoms with Crippen molar-refractivity contribution in [3.8, 4) is 0 Å². The van der Waals surface area contributed by atoms with Gasteiger partial charge in [0.2, 0.25) is 0 Å². The van der Waals surface area contributed by atoms with Gasteiger partial charge >= 0.3 is 0 Å². The number of aromatic nitrogens is 4. The van der Waals surface area contributed by atoms with E-state index in [1.54, 1.807) is 0 Å². The van der Waals surface area contributed by atoms with Crippen LogP contribution in [0.25, 0.3) is 108 Å². The van der Waals surface area contributed by atoms with Crippen LogP contribution in [0.4, 0.5) is 0 Å². The molecule has 0 atom stereocenters. The van der Waals surface area contributed by atoms with Gasteiger partial charge in [0.15, 0.2) is 0 Å². The summed E-state index contributed by atoms with van der Waals surface area (Å²) in [5.74, 6) is 0. The molecule has 2 N–H and O–H groups in total. The Labute approximate surface area is 264 Å². The highest BCUT2D eigenvalue weighted by Gasteiger charge is 2.19. The molecule has 0 fully saturated rings. The SMILES string of the molecule is C1=Cc2nc1c1ccc([nH]1)c1c3ccsc3c3sccc3c1c1nc(c3ccc([nH]3)c3c4ccsc4c4sccc4c23)C=C1. The molecule has 9 aromatic rings. The Balaban J connectivity index is 1.43. The van der Waals surface area contributed by atoms with Crippen LogP contribution in [0.1, 0.15) is 22.8 Å². The normalized spacial score (nSPS) is 13.3. The van der Waals surface area contributed by atoms with Crippen molar-refractivity contribution < 1.29 is 0 Å². The number of hydrogen-bond acceptors (Lipinski definition) is 6. The van der Waals surface area contributed by atoms with Crippen LogP contribution in [0.2, 0.25) is 0 Å². The number of nitrogens with zero attached hydrogens (tertiary/aromatic N) is 2. The van der Waals surface area contributed by atoms with Gasteiger partial charge in [0.1, 0.15) is 0 Å². The van der Waals surface area contributed by atoms with Crippen molar-refractivity contribution in [1.29, 1.82) is 0 Å². The van der Waals surface area contributed by atoms with E-state index in [1.807, 2.05) is 45.3 Å². The van der Waals surface area contributed by atoms with E-state index in [0.29, 0.717) is 0 Å². The second-order valence-electron chi connectivity index (χ2n) is 11.2. The third-order valence-corrected chi connectivity index (χ3v) is 12.9. The monoisotopic (exact) mass is 634 g/mol. The number of aromatic amines is 2. The Hall–Kier alpha value is -4.60. The van der Waals surface area contributed by atoms with Crippen LogP contribution in [0.15, 0.2) is 70.1 Å². The fourth-order valence-corrected chi connectivity index (χ4v) is 11.0. The molecule has 2 aliphatic rings. The van der Waals surface area contributed by atoms with Gasteiger partial charge in [0.25, 0.3) is 0 Å². The second-order valence-corrected chi connectivity index (χ2v) is 14.8. The highest BCUT2D eigenvalue weighted by molar-refractivity contribution is 7.26. The van der Waals surface area contributed by atoms with Gasteiger partial charge in [-0.3, -0.25) is 0 Å². The molecular formula is C36H18N4S4. The molecule has 0 saturated heterocycles. The molecule has 8 heteroatoms. The third-order valence-electron chi connectivity index (χ3n) is 8.91. The predicted molar refractivity (Wildman–Crippen MR) is 195 cm³/mol. The maximum Gasteiger partial charge on any atom is 0.0872 e. The summed E-state index contributed by atoms with van der Waals surface area (Å²) in [4.78, 5) is 18.1. The number of thiophene rings is 4. The molecule has 0 saturated carbocycles. The Morgan fingerprint density at radius 3 is 1.11 bits per heavy atom. The summed E-state index contributed by atoms with van der Waals surface area (Å²) in [5.41, 5.74) is 8.04. The highest BCUT2D eigenvalue weighted by Crippen LogP contribution is 2.45. The lowest BCUT2D eigenvalue weighted by Crippen LogP contribution is -1.84. The summed E-state index contributed by atoms with van der Waals surface area (Å²) in [6.07, 6.45) is 8.65. The van der Waals surface area contributed by atoms with Gasteiger partial charge < -0.3 is 9.97 Å². The largest absolute Gasteiger partial charge is 0.353 e. The van der Waals surface area contributed by atoms with Crippen LogP contribution in [-0.2, 0) is 0 Å². The van der Waals surface area contributed by atoms with Crippen molar-refractivity contribution in [3.63, 3.8) is 0 Å². The lowest BCUT2D eigenvalue weighted by Gasteiger charge is -2.04. The zero-order chi connectivity index (χ0) is 28.5. The maximum absolute atomic E-state index is 5.29. The first kappa shape index (κ1) is 23.8. The van der Waals surface area contributed by atoms with Crippen molar-refractivity contribution in [2.75, 3.05) is 0 Å². The van der Waals surface area contributed by atoms with Crippen LogP contribution in [0, 0.1) is 0 Å². The molecule has 9 heterocycles. The molecule has 11 rings (SSSR count). The Morgan fingerprint density at radius 1 is 0.364 bits per heavy atom. The Morgan fingerprint density at radius 2 is 0.705 bits per heavy atom. The van der Waals surface area contributed by atoms with E-state index < -0.39 is 0 Å². The van der Waals surface area contributed by atoms with Gasteiger partial charge in [-0.1, -0.05) is 0 Å². The predicted octanol–water partition coefficient (Wildman–Crippen LogP) is 11.8. The van der Waals surface area contributed by atoms with Gasteiger partial charge in [-0.15, -0.1) is 45.3 Å². The molecule has 4 nitrogen and oxygen atoms in total. The molecule has 8 bridgehead atoms. The average Bonchev–Trinajstić information content (AvgIpc) is 3.88. The van der Waals surface area contributed by atoms with Crippen LogP contribution >= 0.6 is 45.3 Å². The van der Waals surface area contributed by atoms with E-state index in [-0.39, 0.29) is 0 Å². The number of nitrogens with one attached hydrogen (secondary N) is 2. The lowest BCUT2D eigenvalue weighted by atomic mass is 10.0. The van der Waals surface area contributed by atoms with Crippen molar-refractivity contribution in [2.24, 2.45) is 0 Å². The smallest absolute Gasteiger partial charge is 0.0872 e. The van der Waals surface area contributed by atoms with Gasteiger partial charge in [-0.2, -0.15) is 0 Å². The molecule has 2 aromatic carbocycles. The third kappa shape index (κ3) is 3.05. The molecule has 0 aliphatic carbocycles. The summed E-state index contributed by atoms with van der Waals surface area (Å²) in [6, 6.07) is 17.8. The topological polar surface area (TPSA) is 57.4 Å². The summed E-state index contributed by atoms with van der Waals surface area (Å²) >= 11 is 7.23. The zero-order valence-electron chi connectivity index (χ0n) is 22.8. The van der Waals surface area contributed by atoms with Gasteiger partial charge in [-0.05, 0) is 94.4 Å². The minimum atomic E-state index is 0.943. The van der Waals surface area contributed by atoms with Crippen molar-refractivity contribution in [1.82, 2.24) is 19.9 Å². The van der Waals surface area contributed by atoms with Crippen LogP contribution in [0.5, 0.6) is 0 Å². The molecule has 7 aromatic heterocycles. The molecule has 206 valence electrons. The molecule has 2 aliphatic heterocycles. The summed E-state index contributed by atoms with van der Waals surface area (Å²) < 4.78 is 5.29. The average molecular weight is 635 g/mol. The Kier molecular flexibility index (Phi) is 4.61. The van der Waals surface area contributed by atoms with Crippen LogP contribution < -0.4 is 0 Å². The van der Waals surface area contributed by atoms with Gasteiger partial charge in [-0.25, -0.2) is 9.97 Å². The minimum absolute atomic E-state index is 0.943. The maximum atomic E-state index is 5.29. The Bertz CT molecular complexity index is 2750. The number of hydrogen-bond donors (Lipinski definition) is 2. The minimum Gasteiger partial charge on any atom is -0.353 e. The molecule has 0 radical (unpaired) electrons. The first-order valence-electron chi connectivity index (χ1n) is 14.3. The van der Waals surface area contributed by atoms with Crippen LogP contribution in [0.3, 0.4) is 0 Å². The van der Waals surface area contributed by atoms with Crippen molar-refractivity contribution in [2.45, 2.75) is 0 Å². The number of fused-ring (bicyclic) bond motifs is 26. The zero-order valence-corrected chi connectivity index (χ0v) is 26.0. The molecule has 0 unspecified atom stereocenters. The lowest BCUT2D eigenvalue weighted by molar-refractivity contribution is 1.34. The molecule has 0 spiro atoms. The fraction of sp³-hybridized carbons (Fsp3) is 0. The van der Waals surface area contributed by atoms with Gasteiger partial charge in [0.05, 0.1) is 52.6 Å². The first-order valence-corrected chi connectivity index (χ1v) is 17.8. The second kappa shape index (κ2) is 8.52. The molecule has 44 heavy (non-hydrogen) atoms. The van der Waals surface area contributed by atoms with E-state index in [4.69, 9.17) is 9.97 Å². The van der Waals surface area contributed by atoms with Crippen molar-refractivity contribution in [3.05, 3.63) is 92.8 Å². The molecule has 0 amide bonds. The quantitative estimate of drug-likeness (QED) is 0.174. The number of benzene rings is 2. The van der Waals surface area contributed by atoms with E-state index in [1.165, 1.54) is 61.9 Å². The molecular weight excluding hydrogens is 617 g/mol. The van der Waals surface area contributed by atoms with E-state index in [0.717, 1.165) is 44.8 Å². The first-order chi connectivity index (χ1) is 21.8.